The monoisotopic (exact) mass is 254 g/mol. The number of aliphatic hydroxyl groups is 1. The Hall–Kier alpha value is -1.45. The highest BCUT2D eigenvalue weighted by Crippen LogP contribution is 2.30. The highest BCUT2D eigenvalue weighted by atomic mass is 35.5. The lowest BCUT2D eigenvalue weighted by Gasteiger charge is -2.14. The zero-order valence-electron chi connectivity index (χ0n) is 8.70. The third kappa shape index (κ3) is 2.46. The van der Waals surface area contributed by atoms with Crippen molar-refractivity contribution in [3.63, 3.8) is 0 Å². The van der Waals surface area contributed by atoms with Crippen LogP contribution in [0.2, 0.25) is 5.02 Å². The first-order chi connectivity index (χ1) is 8.09. The van der Waals surface area contributed by atoms with E-state index in [-0.39, 0.29) is 16.1 Å². The van der Waals surface area contributed by atoms with Crippen LogP contribution in [0.1, 0.15) is 17.2 Å². The van der Waals surface area contributed by atoms with Crippen LogP contribution in [-0.4, -0.2) is 5.11 Å². The minimum absolute atomic E-state index is 0.0419. The van der Waals surface area contributed by atoms with E-state index >= 15 is 0 Å². The molecule has 0 saturated carbocycles. The number of hydrogen-bond donors (Lipinski definition) is 1. The third-order valence-corrected chi connectivity index (χ3v) is 2.77. The highest BCUT2D eigenvalue weighted by molar-refractivity contribution is 6.31. The maximum atomic E-state index is 13.5. The molecule has 0 radical (unpaired) electrons. The van der Waals surface area contributed by atoms with Gasteiger partial charge in [-0.2, -0.15) is 0 Å². The topological polar surface area (TPSA) is 20.2 Å². The molecule has 2 aromatic rings. The fourth-order valence-corrected chi connectivity index (χ4v) is 1.88. The van der Waals surface area contributed by atoms with Crippen molar-refractivity contribution in [1.82, 2.24) is 0 Å². The van der Waals surface area contributed by atoms with Gasteiger partial charge < -0.3 is 5.11 Å². The molecule has 0 aliphatic rings. The number of halogens is 3. The lowest BCUT2D eigenvalue weighted by atomic mass is 10.0. The van der Waals surface area contributed by atoms with E-state index in [2.05, 4.69) is 0 Å². The lowest BCUT2D eigenvalue weighted by molar-refractivity contribution is 0.214. The summed E-state index contributed by atoms with van der Waals surface area (Å²) in [5.41, 5.74) is 0.219. The molecule has 0 heterocycles. The van der Waals surface area contributed by atoms with Gasteiger partial charge in [-0.3, -0.25) is 0 Å². The van der Waals surface area contributed by atoms with Crippen LogP contribution in [0.25, 0.3) is 0 Å². The van der Waals surface area contributed by atoms with Gasteiger partial charge in [0.05, 0.1) is 0 Å². The molecule has 0 bridgehead atoms. The summed E-state index contributed by atoms with van der Waals surface area (Å²) in [7, 11) is 0. The molecule has 2 rings (SSSR count). The van der Waals surface area contributed by atoms with Crippen molar-refractivity contribution < 1.29 is 13.9 Å². The Balaban J connectivity index is 2.47. The summed E-state index contributed by atoms with van der Waals surface area (Å²) in [4.78, 5) is 0. The molecule has 2 aromatic carbocycles. The number of rotatable bonds is 2. The number of hydrogen-bond acceptors (Lipinski definition) is 1. The molecule has 0 aromatic heterocycles. The Labute approximate surface area is 102 Å². The van der Waals surface area contributed by atoms with Crippen molar-refractivity contribution in [2.75, 3.05) is 0 Å². The van der Waals surface area contributed by atoms with Crippen LogP contribution in [0.4, 0.5) is 8.78 Å². The predicted octanol–water partition coefficient (Wildman–Crippen LogP) is 3.70. The normalized spacial score (nSPS) is 12.5. The molecule has 0 fully saturated rings. The van der Waals surface area contributed by atoms with E-state index in [1.54, 1.807) is 0 Å². The van der Waals surface area contributed by atoms with Crippen LogP contribution in [0, 0.1) is 11.6 Å². The largest absolute Gasteiger partial charge is 0.383 e. The zero-order chi connectivity index (χ0) is 12.4. The molecule has 1 N–H and O–H groups in total. The molecule has 88 valence electrons. The van der Waals surface area contributed by atoms with Gasteiger partial charge in [0.15, 0.2) is 0 Å². The highest BCUT2D eigenvalue weighted by Gasteiger charge is 2.18. The van der Waals surface area contributed by atoms with Crippen molar-refractivity contribution >= 4 is 11.6 Å². The maximum absolute atomic E-state index is 13.5. The Bertz CT molecular complexity index is 522. The lowest BCUT2D eigenvalue weighted by Crippen LogP contribution is -2.03. The molecular weight excluding hydrogens is 246 g/mol. The summed E-state index contributed by atoms with van der Waals surface area (Å²) >= 11 is 5.82. The van der Waals surface area contributed by atoms with Crippen molar-refractivity contribution in [3.8, 4) is 0 Å². The number of benzene rings is 2. The van der Waals surface area contributed by atoms with Gasteiger partial charge in [0, 0.05) is 10.6 Å². The van der Waals surface area contributed by atoms with E-state index in [0.29, 0.717) is 0 Å². The molecule has 1 nitrogen and oxygen atoms in total. The third-order valence-electron chi connectivity index (χ3n) is 2.44. The fraction of sp³-hybridized carbons (Fsp3) is 0.0769. The van der Waals surface area contributed by atoms with Gasteiger partial charge >= 0.3 is 0 Å². The molecule has 1 atom stereocenters. The second-order valence-corrected chi connectivity index (χ2v) is 4.00. The van der Waals surface area contributed by atoms with E-state index in [4.69, 9.17) is 11.6 Å². The summed E-state index contributed by atoms with van der Waals surface area (Å²) in [5.74, 6) is -1.11. The van der Waals surface area contributed by atoms with Gasteiger partial charge in [-0.15, -0.1) is 0 Å². The van der Waals surface area contributed by atoms with Crippen LogP contribution in [0.3, 0.4) is 0 Å². The summed E-state index contributed by atoms with van der Waals surface area (Å²) in [5, 5.41) is 10.1. The molecule has 0 spiro atoms. The average molecular weight is 255 g/mol. The Morgan fingerprint density at radius 2 is 1.76 bits per heavy atom. The first-order valence-electron chi connectivity index (χ1n) is 4.97. The van der Waals surface area contributed by atoms with E-state index < -0.39 is 17.7 Å². The van der Waals surface area contributed by atoms with Gasteiger partial charge in [-0.05, 0) is 29.8 Å². The van der Waals surface area contributed by atoms with Gasteiger partial charge in [0.1, 0.15) is 17.7 Å². The molecular formula is C13H9ClF2O. The van der Waals surface area contributed by atoms with Crippen molar-refractivity contribution in [3.05, 3.63) is 70.2 Å². The molecule has 4 heteroatoms. The van der Waals surface area contributed by atoms with Crippen LogP contribution in [0.15, 0.2) is 42.5 Å². The van der Waals surface area contributed by atoms with Gasteiger partial charge in [0.2, 0.25) is 0 Å². The van der Waals surface area contributed by atoms with Crippen molar-refractivity contribution in [2.45, 2.75) is 6.10 Å². The fourth-order valence-electron chi connectivity index (χ4n) is 1.62. The van der Waals surface area contributed by atoms with Crippen LogP contribution >= 0.6 is 11.6 Å². The standard InChI is InChI=1S/C13H9ClF2O/c14-10-5-2-6-11(16)12(10)13(17)8-3-1-4-9(15)7-8/h1-7,13,17H. The summed E-state index contributed by atoms with van der Waals surface area (Å²) in [6.45, 7) is 0. The minimum Gasteiger partial charge on any atom is -0.383 e. The first kappa shape index (κ1) is 12.0. The van der Waals surface area contributed by atoms with Crippen molar-refractivity contribution in [1.29, 1.82) is 0 Å². The SMILES string of the molecule is OC(c1cccc(F)c1)c1c(F)cccc1Cl. The van der Waals surface area contributed by atoms with Gasteiger partial charge in [-0.1, -0.05) is 29.8 Å². The van der Waals surface area contributed by atoms with Crippen LogP contribution in [-0.2, 0) is 0 Å². The average Bonchev–Trinajstić information content (AvgIpc) is 2.28. The zero-order valence-corrected chi connectivity index (χ0v) is 9.46. The van der Waals surface area contributed by atoms with Crippen LogP contribution < -0.4 is 0 Å². The second kappa shape index (κ2) is 4.82. The van der Waals surface area contributed by atoms with E-state index in [0.717, 1.165) is 6.07 Å². The smallest absolute Gasteiger partial charge is 0.130 e. The quantitative estimate of drug-likeness (QED) is 0.866. The molecule has 0 aliphatic carbocycles. The molecule has 1 unspecified atom stereocenters. The Morgan fingerprint density at radius 1 is 1.06 bits per heavy atom. The summed E-state index contributed by atoms with van der Waals surface area (Å²) < 4.78 is 26.6. The van der Waals surface area contributed by atoms with E-state index in [1.807, 2.05) is 0 Å². The Kier molecular flexibility index (Phi) is 3.41. The van der Waals surface area contributed by atoms with E-state index in [9.17, 15) is 13.9 Å². The van der Waals surface area contributed by atoms with Crippen molar-refractivity contribution in [2.24, 2.45) is 0 Å². The van der Waals surface area contributed by atoms with Gasteiger partial charge in [0.25, 0.3) is 0 Å². The predicted molar refractivity (Wildman–Crippen MR) is 61.9 cm³/mol. The van der Waals surface area contributed by atoms with E-state index in [1.165, 1.54) is 36.4 Å². The summed E-state index contributed by atoms with van der Waals surface area (Å²) in [6.07, 6.45) is -1.28. The minimum atomic E-state index is -1.28. The maximum Gasteiger partial charge on any atom is 0.130 e. The second-order valence-electron chi connectivity index (χ2n) is 3.59. The summed E-state index contributed by atoms with van der Waals surface area (Å²) in [6, 6.07) is 9.47. The van der Waals surface area contributed by atoms with Gasteiger partial charge in [-0.25, -0.2) is 8.78 Å². The first-order valence-corrected chi connectivity index (χ1v) is 5.35. The molecule has 17 heavy (non-hydrogen) atoms. The molecule has 0 saturated heterocycles. The number of aliphatic hydroxyl groups excluding tert-OH is 1. The molecule has 0 amide bonds. The Morgan fingerprint density at radius 3 is 2.41 bits per heavy atom. The molecule has 0 aliphatic heterocycles. The van der Waals surface area contributed by atoms with Crippen LogP contribution in [0.5, 0.6) is 0 Å².